The van der Waals surface area contributed by atoms with Gasteiger partial charge in [-0.05, 0) is 19.3 Å². The zero-order valence-corrected chi connectivity index (χ0v) is 14.6. The van der Waals surface area contributed by atoms with Gasteiger partial charge in [0.2, 0.25) is 0 Å². The number of hydrogen-bond acceptors (Lipinski definition) is 3. The van der Waals surface area contributed by atoms with Crippen LogP contribution >= 0.6 is 0 Å². The SMILES string of the molecule is CCCCCCCCC(CC(=O)O)C(=O)O.NC1CCCCC1. The largest absolute Gasteiger partial charge is 0.481 e. The predicted octanol–water partition coefficient (Wildman–Crippen LogP) is 4.19. The Morgan fingerprint density at radius 1 is 1.00 bits per heavy atom. The fourth-order valence-corrected chi connectivity index (χ4v) is 2.83. The Morgan fingerprint density at radius 3 is 2.00 bits per heavy atom. The summed E-state index contributed by atoms with van der Waals surface area (Å²) < 4.78 is 0. The smallest absolute Gasteiger partial charge is 0.307 e. The van der Waals surface area contributed by atoms with Crippen molar-refractivity contribution in [1.29, 1.82) is 0 Å². The van der Waals surface area contributed by atoms with Gasteiger partial charge in [-0.2, -0.15) is 0 Å². The highest BCUT2D eigenvalue weighted by Crippen LogP contribution is 2.16. The number of rotatable bonds is 10. The van der Waals surface area contributed by atoms with Crippen molar-refractivity contribution in [3.05, 3.63) is 0 Å². The van der Waals surface area contributed by atoms with Crippen LogP contribution in [-0.4, -0.2) is 28.2 Å². The summed E-state index contributed by atoms with van der Waals surface area (Å²) in [4.78, 5) is 21.2. The molecule has 136 valence electrons. The van der Waals surface area contributed by atoms with Crippen LogP contribution in [-0.2, 0) is 9.59 Å². The summed E-state index contributed by atoms with van der Waals surface area (Å²) in [6, 6.07) is 0.536. The molecule has 0 aliphatic heterocycles. The number of carboxylic acids is 2. The second-order valence-electron chi connectivity index (χ2n) is 6.59. The van der Waals surface area contributed by atoms with Crippen molar-refractivity contribution >= 4 is 11.9 Å². The van der Waals surface area contributed by atoms with Gasteiger partial charge in [0.05, 0.1) is 12.3 Å². The molecule has 0 amide bonds. The fourth-order valence-electron chi connectivity index (χ4n) is 2.83. The number of carbonyl (C=O) groups is 2. The number of hydrogen-bond donors (Lipinski definition) is 3. The lowest BCUT2D eigenvalue weighted by Crippen LogP contribution is -2.22. The standard InChI is InChI=1S/C12H22O4.C6H13N/c1-2-3-4-5-6-7-8-10(12(15)16)9-11(13)14;7-6-4-2-1-3-5-6/h10H,2-9H2,1H3,(H,13,14)(H,15,16);6H,1-5,7H2. The molecule has 0 saturated heterocycles. The second kappa shape index (κ2) is 14.5. The number of aliphatic carboxylic acids is 2. The van der Waals surface area contributed by atoms with E-state index < -0.39 is 17.9 Å². The minimum atomic E-state index is -1.03. The highest BCUT2D eigenvalue weighted by molar-refractivity contribution is 5.77. The normalized spacial score (nSPS) is 16.3. The highest BCUT2D eigenvalue weighted by atomic mass is 16.4. The molecule has 1 atom stereocenters. The number of nitrogens with two attached hydrogens (primary N) is 1. The van der Waals surface area contributed by atoms with Crippen molar-refractivity contribution in [3.8, 4) is 0 Å². The topological polar surface area (TPSA) is 101 Å². The van der Waals surface area contributed by atoms with E-state index >= 15 is 0 Å². The lowest BCUT2D eigenvalue weighted by atomic mass is 9.97. The van der Waals surface area contributed by atoms with Crippen LogP contribution in [0, 0.1) is 5.92 Å². The Kier molecular flexibility index (Phi) is 13.8. The molecule has 0 aromatic carbocycles. The summed E-state index contributed by atoms with van der Waals surface area (Å²) in [5.74, 6) is -2.74. The van der Waals surface area contributed by atoms with E-state index in [1.165, 1.54) is 51.4 Å². The first-order chi connectivity index (χ1) is 11.0. The molecular formula is C18H35NO4. The van der Waals surface area contributed by atoms with Crippen LogP contribution in [0.1, 0.15) is 90.4 Å². The van der Waals surface area contributed by atoms with E-state index in [0.717, 1.165) is 19.3 Å². The summed E-state index contributed by atoms with van der Waals surface area (Å²) in [5, 5.41) is 17.3. The van der Waals surface area contributed by atoms with Crippen molar-refractivity contribution in [2.45, 2.75) is 96.4 Å². The second-order valence-corrected chi connectivity index (χ2v) is 6.59. The van der Waals surface area contributed by atoms with E-state index in [0.29, 0.717) is 12.5 Å². The Bertz CT molecular complexity index is 314. The average molecular weight is 329 g/mol. The molecule has 1 unspecified atom stereocenters. The summed E-state index contributed by atoms with van der Waals surface area (Å²) in [6.45, 7) is 2.15. The maximum Gasteiger partial charge on any atom is 0.307 e. The molecule has 0 spiro atoms. The third-order valence-corrected chi connectivity index (χ3v) is 4.33. The van der Waals surface area contributed by atoms with Gasteiger partial charge < -0.3 is 15.9 Å². The minimum Gasteiger partial charge on any atom is -0.481 e. The van der Waals surface area contributed by atoms with Crippen LogP contribution in [0.25, 0.3) is 0 Å². The molecule has 5 nitrogen and oxygen atoms in total. The molecule has 1 rings (SSSR count). The fraction of sp³-hybridized carbons (Fsp3) is 0.889. The van der Waals surface area contributed by atoms with Crippen LogP contribution in [0.4, 0.5) is 0 Å². The van der Waals surface area contributed by atoms with E-state index in [1.807, 2.05) is 0 Å². The molecule has 0 radical (unpaired) electrons. The molecule has 0 heterocycles. The van der Waals surface area contributed by atoms with Crippen molar-refractivity contribution in [2.24, 2.45) is 11.7 Å². The van der Waals surface area contributed by atoms with Gasteiger partial charge in [-0.1, -0.05) is 64.7 Å². The van der Waals surface area contributed by atoms with Crippen LogP contribution in [0.3, 0.4) is 0 Å². The third kappa shape index (κ3) is 14.2. The monoisotopic (exact) mass is 329 g/mol. The molecule has 23 heavy (non-hydrogen) atoms. The van der Waals surface area contributed by atoms with Crippen molar-refractivity contribution in [2.75, 3.05) is 0 Å². The molecule has 1 aliphatic carbocycles. The first-order valence-corrected chi connectivity index (χ1v) is 9.17. The van der Waals surface area contributed by atoms with Crippen molar-refractivity contribution in [1.82, 2.24) is 0 Å². The molecule has 5 heteroatoms. The molecule has 4 N–H and O–H groups in total. The first kappa shape index (κ1) is 21.9. The summed E-state index contributed by atoms with van der Waals surface area (Å²) >= 11 is 0. The Morgan fingerprint density at radius 2 is 1.57 bits per heavy atom. The van der Waals surface area contributed by atoms with E-state index in [-0.39, 0.29) is 6.42 Å². The molecule has 1 aliphatic rings. The Labute approximate surface area is 140 Å². The lowest BCUT2D eigenvalue weighted by Gasteiger charge is -2.15. The van der Waals surface area contributed by atoms with E-state index in [1.54, 1.807) is 0 Å². The van der Waals surface area contributed by atoms with Gasteiger partial charge >= 0.3 is 11.9 Å². The third-order valence-electron chi connectivity index (χ3n) is 4.33. The molecule has 1 saturated carbocycles. The molecule has 0 aromatic rings. The van der Waals surface area contributed by atoms with E-state index in [2.05, 4.69) is 6.92 Å². The minimum absolute atomic E-state index is 0.260. The van der Waals surface area contributed by atoms with Gasteiger partial charge in [-0.25, -0.2) is 0 Å². The molecular weight excluding hydrogens is 294 g/mol. The first-order valence-electron chi connectivity index (χ1n) is 9.17. The predicted molar refractivity (Wildman–Crippen MR) is 92.4 cm³/mol. The Hall–Kier alpha value is -1.10. The van der Waals surface area contributed by atoms with Crippen LogP contribution < -0.4 is 5.73 Å². The van der Waals surface area contributed by atoms with Crippen molar-refractivity contribution in [3.63, 3.8) is 0 Å². The summed E-state index contributed by atoms with van der Waals surface area (Å²) in [5.41, 5.74) is 5.63. The quantitative estimate of drug-likeness (QED) is 0.522. The van der Waals surface area contributed by atoms with Crippen LogP contribution in [0.2, 0.25) is 0 Å². The van der Waals surface area contributed by atoms with Crippen LogP contribution in [0.5, 0.6) is 0 Å². The zero-order valence-electron chi connectivity index (χ0n) is 14.6. The number of carboxylic acid groups (broad SMARTS) is 2. The van der Waals surface area contributed by atoms with Gasteiger partial charge in [0.25, 0.3) is 0 Å². The van der Waals surface area contributed by atoms with Crippen LogP contribution in [0.15, 0.2) is 0 Å². The number of unbranched alkanes of at least 4 members (excludes halogenated alkanes) is 5. The lowest BCUT2D eigenvalue weighted by molar-refractivity contribution is -0.148. The highest BCUT2D eigenvalue weighted by Gasteiger charge is 2.20. The van der Waals surface area contributed by atoms with Gasteiger partial charge in [0.1, 0.15) is 0 Å². The maximum atomic E-state index is 10.7. The molecule has 0 aromatic heterocycles. The van der Waals surface area contributed by atoms with Gasteiger partial charge in [-0.3, -0.25) is 9.59 Å². The molecule has 1 fully saturated rings. The van der Waals surface area contributed by atoms with Gasteiger partial charge in [-0.15, -0.1) is 0 Å². The van der Waals surface area contributed by atoms with Crippen molar-refractivity contribution < 1.29 is 19.8 Å². The molecule has 0 bridgehead atoms. The van der Waals surface area contributed by atoms with E-state index in [9.17, 15) is 9.59 Å². The summed E-state index contributed by atoms with van der Waals surface area (Å²) in [6.07, 6.45) is 13.4. The van der Waals surface area contributed by atoms with Gasteiger partial charge in [0, 0.05) is 6.04 Å². The van der Waals surface area contributed by atoms with E-state index in [4.69, 9.17) is 15.9 Å². The van der Waals surface area contributed by atoms with Gasteiger partial charge in [0.15, 0.2) is 0 Å². The summed E-state index contributed by atoms with van der Waals surface area (Å²) in [7, 11) is 0. The average Bonchev–Trinajstić information content (AvgIpc) is 2.50. The zero-order chi connectivity index (χ0) is 17.5. The maximum absolute atomic E-state index is 10.7. The Balaban J connectivity index is 0.000000568.